The van der Waals surface area contributed by atoms with Crippen molar-refractivity contribution in [2.24, 2.45) is 5.92 Å². The summed E-state index contributed by atoms with van der Waals surface area (Å²) in [5.41, 5.74) is 2.77. The Bertz CT molecular complexity index is 1350. The van der Waals surface area contributed by atoms with Crippen LogP contribution in [0.1, 0.15) is 55.7 Å². The minimum atomic E-state index is -0.361. The molecule has 1 aliphatic heterocycles. The van der Waals surface area contributed by atoms with Gasteiger partial charge < -0.3 is 9.80 Å². The lowest BCUT2D eigenvalue weighted by Crippen LogP contribution is -2.48. The van der Waals surface area contributed by atoms with Gasteiger partial charge >= 0.3 is 5.69 Å². The molecule has 2 aromatic carbocycles. The summed E-state index contributed by atoms with van der Waals surface area (Å²) >= 11 is 0. The molecule has 0 radical (unpaired) electrons. The van der Waals surface area contributed by atoms with E-state index >= 15 is 0 Å². The summed E-state index contributed by atoms with van der Waals surface area (Å²) in [6.45, 7) is 4.03. The van der Waals surface area contributed by atoms with E-state index in [0.29, 0.717) is 36.7 Å². The second kappa shape index (κ2) is 10.4. The van der Waals surface area contributed by atoms with E-state index in [-0.39, 0.29) is 17.4 Å². The van der Waals surface area contributed by atoms with Gasteiger partial charge in [-0.3, -0.25) is 14.3 Å². The first kappa shape index (κ1) is 23.9. The van der Waals surface area contributed by atoms with Gasteiger partial charge in [-0.25, -0.2) is 4.79 Å². The molecular formula is C29H33N5O2. The molecule has 1 atom stereocenters. The van der Waals surface area contributed by atoms with E-state index in [1.807, 2.05) is 30.3 Å². The monoisotopic (exact) mass is 483 g/mol. The molecule has 186 valence electrons. The van der Waals surface area contributed by atoms with Crippen molar-refractivity contribution in [1.29, 1.82) is 5.26 Å². The second-order valence-electron chi connectivity index (χ2n) is 9.91. The van der Waals surface area contributed by atoms with Crippen LogP contribution in [-0.4, -0.2) is 22.3 Å². The standard InChI is InChI=1S/C29H33N5O2/c1-2-17-32-27(24-10-6-7-11-24)34(20-23-8-4-3-5-9-23)25-26(35)31-29(36)33(28(25)32)18-16-21-12-14-22(19-30)15-13-21/h3-5,8-9,12-15,24,27H,2,6-7,10-11,16-18,20H2,1H3,(H,31,35,36). The molecule has 0 amide bonds. The Hall–Kier alpha value is -3.79. The summed E-state index contributed by atoms with van der Waals surface area (Å²) in [5, 5.41) is 9.09. The van der Waals surface area contributed by atoms with E-state index in [1.54, 1.807) is 16.7 Å². The Morgan fingerprint density at radius 3 is 2.33 bits per heavy atom. The van der Waals surface area contributed by atoms with Gasteiger partial charge in [-0.05, 0) is 54.9 Å². The van der Waals surface area contributed by atoms with E-state index in [9.17, 15) is 9.59 Å². The molecule has 0 spiro atoms. The Labute approximate surface area is 211 Å². The van der Waals surface area contributed by atoms with Gasteiger partial charge in [0.05, 0.1) is 11.6 Å². The van der Waals surface area contributed by atoms with Crippen LogP contribution in [0.25, 0.3) is 0 Å². The third-order valence-corrected chi connectivity index (χ3v) is 7.53. The summed E-state index contributed by atoms with van der Waals surface area (Å²) in [6, 6.07) is 19.9. The van der Waals surface area contributed by atoms with Gasteiger partial charge in [0.25, 0.3) is 5.56 Å². The van der Waals surface area contributed by atoms with Crippen molar-refractivity contribution >= 4 is 11.5 Å². The summed E-state index contributed by atoms with van der Waals surface area (Å²) in [6.07, 6.45) is 6.31. The number of nitrogens with one attached hydrogen (secondary N) is 1. The zero-order chi connectivity index (χ0) is 25.1. The maximum Gasteiger partial charge on any atom is 0.330 e. The molecule has 7 nitrogen and oxygen atoms in total. The van der Waals surface area contributed by atoms with Crippen LogP contribution in [0.5, 0.6) is 0 Å². The van der Waals surface area contributed by atoms with Crippen molar-refractivity contribution in [1.82, 2.24) is 9.55 Å². The third-order valence-electron chi connectivity index (χ3n) is 7.53. The summed E-state index contributed by atoms with van der Waals surface area (Å²) in [4.78, 5) is 33.8. The molecule has 1 fully saturated rings. The number of nitrogens with zero attached hydrogens (tertiary/aromatic N) is 4. The molecule has 0 bridgehead atoms. The van der Waals surface area contributed by atoms with Crippen molar-refractivity contribution in [2.45, 2.75) is 64.7 Å². The maximum atomic E-state index is 13.4. The molecule has 1 N–H and O–H groups in total. The summed E-state index contributed by atoms with van der Waals surface area (Å²) < 4.78 is 1.76. The normalized spacial score (nSPS) is 17.4. The first-order chi connectivity index (χ1) is 17.6. The topological polar surface area (TPSA) is 85.1 Å². The highest BCUT2D eigenvalue weighted by atomic mass is 16.2. The Kier molecular flexibility index (Phi) is 6.95. The fourth-order valence-corrected chi connectivity index (χ4v) is 5.92. The van der Waals surface area contributed by atoms with E-state index in [0.717, 1.165) is 42.8 Å². The first-order valence-electron chi connectivity index (χ1n) is 13.0. The molecule has 1 unspecified atom stereocenters. The van der Waals surface area contributed by atoms with Crippen LogP contribution in [0.4, 0.5) is 11.5 Å². The second-order valence-corrected chi connectivity index (χ2v) is 9.91. The molecule has 2 aliphatic rings. The van der Waals surface area contributed by atoms with Crippen LogP contribution in [0.2, 0.25) is 0 Å². The number of hydrogen-bond donors (Lipinski definition) is 1. The molecule has 1 aromatic heterocycles. The number of aromatic nitrogens is 2. The van der Waals surface area contributed by atoms with Crippen molar-refractivity contribution in [2.75, 3.05) is 16.3 Å². The molecule has 1 saturated carbocycles. The lowest BCUT2D eigenvalue weighted by Gasteiger charge is -2.37. The first-order valence-corrected chi connectivity index (χ1v) is 13.0. The largest absolute Gasteiger partial charge is 0.339 e. The predicted molar refractivity (Wildman–Crippen MR) is 142 cm³/mol. The molecule has 7 heteroatoms. The number of hydrogen-bond acceptors (Lipinski definition) is 5. The Morgan fingerprint density at radius 1 is 0.944 bits per heavy atom. The van der Waals surface area contributed by atoms with Crippen LogP contribution in [0.15, 0.2) is 64.2 Å². The fraction of sp³-hybridized carbons (Fsp3) is 0.414. The zero-order valence-electron chi connectivity index (χ0n) is 20.8. The number of fused-ring (bicyclic) bond motifs is 1. The molecule has 0 saturated heterocycles. The van der Waals surface area contributed by atoms with E-state index in [2.05, 4.69) is 39.9 Å². The molecule has 36 heavy (non-hydrogen) atoms. The van der Waals surface area contributed by atoms with Crippen LogP contribution in [0, 0.1) is 17.2 Å². The van der Waals surface area contributed by atoms with Gasteiger partial charge in [-0.1, -0.05) is 62.2 Å². The smallest absolute Gasteiger partial charge is 0.330 e. The Balaban J connectivity index is 1.58. The van der Waals surface area contributed by atoms with Crippen molar-refractivity contribution in [3.05, 3.63) is 92.1 Å². The van der Waals surface area contributed by atoms with Gasteiger partial charge in [0.1, 0.15) is 17.7 Å². The van der Waals surface area contributed by atoms with Crippen molar-refractivity contribution in [3.63, 3.8) is 0 Å². The number of benzene rings is 2. The molecule has 1 aliphatic carbocycles. The highest BCUT2D eigenvalue weighted by Crippen LogP contribution is 2.44. The van der Waals surface area contributed by atoms with Gasteiger partial charge in [-0.15, -0.1) is 0 Å². The molecular weight excluding hydrogens is 450 g/mol. The quantitative estimate of drug-likeness (QED) is 0.513. The fourth-order valence-electron chi connectivity index (χ4n) is 5.92. The number of aromatic amines is 1. The van der Waals surface area contributed by atoms with Crippen molar-refractivity contribution < 1.29 is 0 Å². The van der Waals surface area contributed by atoms with Gasteiger partial charge in [0.15, 0.2) is 0 Å². The van der Waals surface area contributed by atoms with E-state index < -0.39 is 0 Å². The van der Waals surface area contributed by atoms with Gasteiger partial charge in [-0.2, -0.15) is 5.26 Å². The molecule has 3 aromatic rings. The third kappa shape index (κ3) is 4.56. The average molecular weight is 484 g/mol. The predicted octanol–water partition coefficient (Wildman–Crippen LogP) is 4.40. The van der Waals surface area contributed by atoms with Crippen LogP contribution >= 0.6 is 0 Å². The van der Waals surface area contributed by atoms with Crippen LogP contribution in [-0.2, 0) is 19.5 Å². The number of rotatable bonds is 8. The molecule has 5 rings (SSSR count). The molecule has 2 heterocycles. The summed E-state index contributed by atoms with van der Waals surface area (Å²) in [7, 11) is 0. The Morgan fingerprint density at radius 2 is 1.67 bits per heavy atom. The number of H-pyrrole nitrogens is 1. The number of nitriles is 1. The highest BCUT2D eigenvalue weighted by molar-refractivity contribution is 5.74. The SMILES string of the molecule is CCCN1c2c(c(=O)[nH]c(=O)n2CCc2ccc(C#N)cc2)N(Cc2ccccc2)C1C1CCCC1. The average Bonchev–Trinajstić information content (AvgIpc) is 3.52. The highest BCUT2D eigenvalue weighted by Gasteiger charge is 2.44. The number of anilines is 2. The van der Waals surface area contributed by atoms with Crippen LogP contribution in [0.3, 0.4) is 0 Å². The van der Waals surface area contributed by atoms with E-state index in [1.165, 1.54) is 12.8 Å². The van der Waals surface area contributed by atoms with E-state index in [4.69, 9.17) is 5.26 Å². The van der Waals surface area contributed by atoms with Crippen LogP contribution < -0.4 is 21.0 Å². The minimum absolute atomic E-state index is 0.0618. The summed E-state index contributed by atoms with van der Waals surface area (Å²) in [5.74, 6) is 1.21. The van der Waals surface area contributed by atoms with Crippen molar-refractivity contribution in [3.8, 4) is 6.07 Å². The lowest BCUT2D eigenvalue weighted by atomic mass is 10.0. The van der Waals surface area contributed by atoms with Gasteiger partial charge in [0, 0.05) is 19.6 Å². The maximum absolute atomic E-state index is 13.4. The minimum Gasteiger partial charge on any atom is -0.339 e. The number of aryl methyl sites for hydroxylation is 1. The van der Waals surface area contributed by atoms with Gasteiger partial charge in [0.2, 0.25) is 0 Å². The zero-order valence-corrected chi connectivity index (χ0v) is 20.8. The lowest BCUT2D eigenvalue weighted by molar-refractivity contribution is 0.394.